The number of rotatable bonds is 7. The quantitative estimate of drug-likeness (QED) is 0.178. The van der Waals surface area contributed by atoms with Crippen LogP contribution in [0.3, 0.4) is 0 Å². The van der Waals surface area contributed by atoms with Gasteiger partial charge in [0.25, 0.3) is 10.0 Å². The van der Waals surface area contributed by atoms with Crippen LogP contribution in [0, 0.1) is 11.6 Å². The minimum Gasteiger partial charge on any atom is -0.444 e. The van der Waals surface area contributed by atoms with Crippen molar-refractivity contribution < 1.29 is 31.8 Å². The zero-order valence-electron chi connectivity index (χ0n) is 27.6. The number of aliphatic hydroxyl groups excluding tert-OH is 1. The lowest BCUT2D eigenvalue weighted by molar-refractivity contribution is 0.0185. The smallest absolute Gasteiger partial charge is 0.410 e. The molecule has 4 aromatic rings. The topological polar surface area (TPSA) is 134 Å². The molecule has 3 aromatic carbocycles. The molecule has 0 unspecified atom stereocenters. The summed E-state index contributed by atoms with van der Waals surface area (Å²) in [7, 11) is -2.58. The lowest BCUT2D eigenvalue weighted by Crippen LogP contribution is -2.43. The number of hydrogen-bond acceptors (Lipinski definition) is 8. The van der Waals surface area contributed by atoms with Crippen LogP contribution in [0.1, 0.15) is 70.1 Å². The molecule has 0 aliphatic heterocycles. The molecule has 0 bridgehead atoms. The number of hydrogen-bond donors (Lipinski definition) is 3. The van der Waals surface area contributed by atoms with Crippen molar-refractivity contribution in [1.29, 1.82) is 0 Å². The highest BCUT2D eigenvalue weighted by atomic mass is 35.5. The zero-order valence-corrected chi connectivity index (χ0v) is 29.1. The summed E-state index contributed by atoms with van der Waals surface area (Å²) in [4.78, 5) is 23.0. The summed E-state index contributed by atoms with van der Waals surface area (Å²) in [6, 6.07) is 9.66. The van der Waals surface area contributed by atoms with Crippen LogP contribution in [0.4, 0.5) is 25.2 Å². The SMILES string of the molecule is CN(C(=O)OC(C)(C)C)C1CCC(Nc2ncc3cc(-c4c(F)ccc(NS(=O)(=O)c5cc(Cl)cc6c5CC[C@H]6O)c4F)ccc3n2)CC1. The maximum atomic E-state index is 15.9. The number of benzene rings is 3. The van der Waals surface area contributed by atoms with E-state index in [2.05, 4.69) is 20.0 Å². The number of aliphatic hydroxyl groups is 1. The third-order valence-electron chi connectivity index (χ3n) is 8.99. The van der Waals surface area contributed by atoms with E-state index in [0.717, 1.165) is 37.8 Å². The number of sulfonamides is 1. The third-order valence-corrected chi connectivity index (χ3v) is 10.6. The highest BCUT2D eigenvalue weighted by Crippen LogP contribution is 2.39. The first-order chi connectivity index (χ1) is 23.1. The van der Waals surface area contributed by atoms with E-state index in [-0.39, 0.29) is 33.7 Å². The summed E-state index contributed by atoms with van der Waals surface area (Å²) in [5.74, 6) is -1.55. The van der Waals surface area contributed by atoms with Crippen molar-refractivity contribution in [1.82, 2.24) is 14.9 Å². The van der Waals surface area contributed by atoms with Gasteiger partial charge in [-0.05, 0) is 112 Å². The van der Waals surface area contributed by atoms with E-state index < -0.39 is 44.6 Å². The van der Waals surface area contributed by atoms with Gasteiger partial charge in [-0.2, -0.15) is 0 Å². The second-order valence-electron chi connectivity index (χ2n) is 13.6. The van der Waals surface area contributed by atoms with Gasteiger partial charge in [0.1, 0.15) is 11.4 Å². The van der Waals surface area contributed by atoms with Crippen molar-refractivity contribution in [2.45, 2.75) is 88.0 Å². The van der Waals surface area contributed by atoms with Gasteiger partial charge in [0.05, 0.1) is 27.8 Å². The normalized spacial score (nSPS) is 19.4. The maximum absolute atomic E-state index is 15.9. The Kier molecular flexibility index (Phi) is 9.46. The first kappa shape index (κ1) is 34.8. The van der Waals surface area contributed by atoms with Crippen LogP contribution in [0.2, 0.25) is 5.02 Å². The number of aromatic nitrogens is 2. The highest BCUT2D eigenvalue weighted by Gasteiger charge is 2.31. The van der Waals surface area contributed by atoms with E-state index in [1.807, 2.05) is 20.8 Å². The summed E-state index contributed by atoms with van der Waals surface area (Å²) in [5, 5.41) is 14.3. The Bertz CT molecular complexity index is 2030. The van der Waals surface area contributed by atoms with Gasteiger partial charge in [-0.1, -0.05) is 17.7 Å². The first-order valence-electron chi connectivity index (χ1n) is 16.1. The van der Waals surface area contributed by atoms with Crippen LogP contribution >= 0.6 is 11.6 Å². The second kappa shape index (κ2) is 13.3. The molecule has 0 saturated heterocycles. The molecule has 2 aliphatic carbocycles. The molecule has 1 heterocycles. The van der Waals surface area contributed by atoms with Gasteiger partial charge >= 0.3 is 6.09 Å². The summed E-state index contributed by atoms with van der Waals surface area (Å²) >= 11 is 6.15. The fraction of sp³-hybridized carbons (Fsp3) is 0.400. The summed E-state index contributed by atoms with van der Waals surface area (Å²) in [6.45, 7) is 5.52. The number of ether oxygens (including phenoxy) is 1. The zero-order chi connectivity index (χ0) is 35.2. The molecule has 49 heavy (non-hydrogen) atoms. The molecule has 1 aromatic heterocycles. The van der Waals surface area contributed by atoms with E-state index >= 15 is 8.78 Å². The number of amides is 1. The Morgan fingerprint density at radius 3 is 2.51 bits per heavy atom. The third kappa shape index (κ3) is 7.43. The van der Waals surface area contributed by atoms with E-state index in [1.54, 1.807) is 30.3 Å². The lowest BCUT2D eigenvalue weighted by Gasteiger charge is -2.35. The molecule has 10 nitrogen and oxygen atoms in total. The average Bonchev–Trinajstić information content (AvgIpc) is 3.41. The molecular weight excluding hydrogens is 676 g/mol. The summed E-state index contributed by atoms with van der Waals surface area (Å²) < 4.78 is 65.6. The molecule has 6 rings (SSSR count). The van der Waals surface area contributed by atoms with Crippen molar-refractivity contribution in [3.8, 4) is 11.1 Å². The predicted octanol–water partition coefficient (Wildman–Crippen LogP) is 7.60. The number of carbonyl (C=O) groups excluding carboxylic acids is 1. The number of carbonyl (C=O) groups is 1. The Morgan fingerprint density at radius 2 is 1.80 bits per heavy atom. The van der Waals surface area contributed by atoms with Crippen molar-refractivity contribution >= 4 is 50.3 Å². The molecule has 1 atom stereocenters. The van der Waals surface area contributed by atoms with Crippen molar-refractivity contribution in [3.05, 3.63) is 76.4 Å². The van der Waals surface area contributed by atoms with E-state index in [1.165, 1.54) is 18.2 Å². The van der Waals surface area contributed by atoms with E-state index in [0.29, 0.717) is 40.8 Å². The van der Waals surface area contributed by atoms with E-state index in [9.17, 15) is 18.3 Å². The Labute approximate surface area is 288 Å². The maximum Gasteiger partial charge on any atom is 0.410 e. The van der Waals surface area contributed by atoms with Gasteiger partial charge in [-0.15, -0.1) is 0 Å². The number of nitrogens with zero attached hydrogens (tertiary/aromatic N) is 3. The van der Waals surface area contributed by atoms with Crippen molar-refractivity contribution in [3.63, 3.8) is 0 Å². The van der Waals surface area contributed by atoms with Crippen LogP contribution in [0.25, 0.3) is 22.0 Å². The van der Waals surface area contributed by atoms with Gasteiger partial charge in [0.2, 0.25) is 5.95 Å². The Hall–Kier alpha value is -4.07. The number of anilines is 2. The van der Waals surface area contributed by atoms with Crippen LogP contribution in [-0.2, 0) is 21.2 Å². The van der Waals surface area contributed by atoms with Gasteiger partial charge in [-0.3, -0.25) is 4.72 Å². The van der Waals surface area contributed by atoms with Crippen molar-refractivity contribution in [2.24, 2.45) is 0 Å². The number of fused-ring (bicyclic) bond motifs is 2. The molecule has 14 heteroatoms. The Morgan fingerprint density at radius 1 is 1.06 bits per heavy atom. The van der Waals surface area contributed by atoms with Gasteiger partial charge in [0, 0.05) is 35.7 Å². The minimum atomic E-state index is -4.35. The molecule has 0 spiro atoms. The van der Waals surface area contributed by atoms with Gasteiger partial charge in [0.15, 0.2) is 5.82 Å². The molecule has 1 fully saturated rings. The molecule has 1 saturated carbocycles. The second-order valence-corrected chi connectivity index (χ2v) is 15.7. The molecule has 2 aliphatic rings. The standard InChI is InChI=1S/C35H38ClF2N5O5S/c1-35(2,3)48-34(45)43(4)23-8-6-22(7-9-23)40-33-39-18-20-15-19(5-12-27(20)41-33)31-26(37)11-13-28(32(31)38)42-49(46,47)30-17-21(36)16-25-24(30)10-14-29(25)44/h5,11-13,15-18,22-23,29,42,44H,6-10,14H2,1-4H3,(H,39,40,41)/t22?,23?,29-/m1/s1. The fourth-order valence-electron chi connectivity index (χ4n) is 6.50. The average molecular weight is 714 g/mol. The molecule has 3 N–H and O–H groups in total. The number of nitrogens with one attached hydrogen (secondary N) is 2. The predicted molar refractivity (Wildman–Crippen MR) is 184 cm³/mol. The van der Waals surface area contributed by atoms with Crippen molar-refractivity contribution in [2.75, 3.05) is 17.1 Å². The van der Waals surface area contributed by atoms with Crippen LogP contribution < -0.4 is 10.0 Å². The Balaban J connectivity index is 1.17. The van der Waals surface area contributed by atoms with Crippen LogP contribution in [0.5, 0.6) is 0 Å². The van der Waals surface area contributed by atoms with Gasteiger partial charge < -0.3 is 20.1 Å². The van der Waals surface area contributed by atoms with Gasteiger partial charge in [-0.25, -0.2) is 32.0 Å². The van der Waals surface area contributed by atoms with E-state index in [4.69, 9.17) is 16.3 Å². The molecule has 1 amide bonds. The molecule has 0 radical (unpaired) electrons. The summed E-state index contributed by atoms with van der Waals surface area (Å²) in [6.07, 6.45) is 4.22. The monoisotopic (exact) mass is 713 g/mol. The fourth-order valence-corrected chi connectivity index (χ4v) is 8.18. The number of halogens is 3. The van der Waals surface area contributed by atoms with Crippen LogP contribution in [-0.4, -0.2) is 59.2 Å². The highest BCUT2D eigenvalue weighted by molar-refractivity contribution is 7.92. The van der Waals surface area contributed by atoms with Crippen LogP contribution in [0.15, 0.2) is 53.6 Å². The summed E-state index contributed by atoms with van der Waals surface area (Å²) in [5.41, 5.74) is 0.141. The molecular formula is C35H38ClF2N5O5S. The minimum absolute atomic E-state index is 0.0741. The molecule has 260 valence electrons. The first-order valence-corrected chi connectivity index (χ1v) is 18.0. The lowest BCUT2D eigenvalue weighted by atomic mass is 9.90. The largest absolute Gasteiger partial charge is 0.444 e.